The van der Waals surface area contributed by atoms with Gasteiger partial charge in [-0.3, -0.25) is 14.5 Å². The van der Waals surface area contributed by atoms with Crippen LogP contribution in [-0.4, -0.2) is 30.3 Å². The number of rotatable bonds is 4. The summed E-state index contributed by atoms with van der Waals surface area (Å²) < 4.78 is 0. The molecular weight excluding hydrogens is 362 g/mol. The standard InChI is InChI=1S/C24H27N3O2/c1-6-7-14-27-22(28)17(16(2)18(15-25)23(27)29)12-13-21-24(3,4)19-10-8-9-11-20(19)26(21)5/h8-13H,6-7,14H2,1-5H3/b17-12+,21-13+. The summed E-state index contributed by atoms with van der Waals surface area (Å²) in [5, 5.41) is 9.48. The van der Waals surface area contributed by atoms with Gasteiger partial charge in [-0.15, -0.1) is 0 Å². The van der Waals surface area contributed by atoms with Gasteiger partial charge in [0.1, 0.15) is 11.6 Å². The molecule has 5 heteroatoms. The van der Waals surface area contributed by atoms with Gasteiger partial charge in [-0.1, -0.05) is 45.4 Å². The van der Waals surface area contributed by atoms with E-state index < -0.39 is 5.91 Å². The largest absolute Gasteiger partial charge is 0.347 e. The van der Waals surface area contributed by atoms with Gasteiger partial charge in [0.15, 0.2) is 0 Å². The van der Waals surface area contributed by atoms with E-state index in [-0.39, 0.29) is 16.9 Å². The summed E-state index contributed by atoms with van der Waals surface area (Å²) in [7, 11) is 2.01. The molecule has 0 aromatic heterocycles. The highest BCUT2D eigenvalue weighted by Crippen LogP contribution is 2.46. The number of likely N-dealkylation sites (N-methyl/N-ethyl adjacent to an activating group) is 1. The minimum Gasteiger partial charge on any atom is -0.347 e. The number of anilines is 1. The highest BCUT2D eigenvalue weighted by Gasteiger charge is 2.38. The van der Waals surface area contributed by atoms with Gasteiger partial charge >= 0.3 is 0 Å². The topological polar surface area (TPSA) is 64.4 Å². The number of unbranched alkanes of at least 4 members (excludes halogenated alkanes) is 1. The molecule has 3 rings (SSSR count). The lowest BCUT2D eigenvalue weighted by atomic mass is 9.83. The summed E-state index contributed by atoms with van der Waals surface area (Å²) in [6.45, 7) is 8.32. The summed E-state index contributed by atoms with van der Waals surface area (Å²) in [5.41, 5.74) is 4.12. The fourth-order valence-corrected chi connectivity index (χ4v) is 4.14. The van der Waals surface area contributed by atoms with Gasteiger partial charge in [0.2, 0.25) is 0 Å². The molecule has 2 amide bonds. The number of imide groups is 1. The van der Waals surface area contributed by atoms with Crippen LogP contribution < -0.4 is 4.90 Å². The summed E-state index contributed by atoms with van der Waals surface area (Å²) in [5.74, 6) is -0.813. The van der Waals surface area contributed by atoms with Crippen LogP contribution in [0, 0.1) is 11.3 Å². The Hall–Kier alpha value is -3.13. The summed E-state index contributed by atoms with van der Waals surface area (Å²) >= 11 is 0. The van der Waals surface area contributed by atoms with Crippen molar-refractivity contribution in [2.75, 3.05) is 18.5 Å². The maximum atomic E-state index is 13.0. The first kappa shape index (κ1) is 20.6. The summed E-state index contributed by atoms with van der Waals surface area (Å²) in [4.78, 5) is 28.9. The number of fused-ring (bicyclic) bond motifs is 1. The van der Waals surface area contributed by atoms with Crippen LogP contribution in [0.4, 0.5) is 5.69 Å². The number of carbonyl (C=O) groups excluding carboxylic acids is 2. The van der Waals surface area contributed by atoms with Crippen LogP contribution in [0.15, 0.2) is 58.8 Å². The number of hydrogen-bond acceptors (Lipinski definition) is 4. The van der Waals surface area contributed by atoms with Crippen LogP contribution in [0.25, 0.3) is 0 Å². The van der Waals surface area contributed by atoms with Crippen molar-refractivity contribution >= 4 is 17.5 Å². The molecule has 29 heavy (non-hydrogen) atoms. The number of allylic oxidation sites excluding steroid dienone is 3. The lowest BCUT2D eigenvalue weighted by molar-refractivity contribution is -0.140. The molecule has 0 unspecified atom stereocenters. The maximum absolute atomic E-state index is 13.0. The van der Waals surface area contributed by atoms with E-state index in [4.69, 9.17) is 0 Å². The third kappa shape index (κ3) is 3.29. The van der Waals surface area contributed by atoms with E-state index in [9.17, 15) is 14.9 Å². The zero-order chi connectivity index (χ0) is 21.3. The average Bonchev–Trinajstić information content (AvgIpc) is 2.89. The number of benzene rings is 1. The quantitative estimate of drug-likeness (QED) is 0.571. The molecule has 0 atom stereocenters. The molecule has 0 aliphatic carbocycles. The minimum absolute atomic E-state index is 0.0488. The molecule has 150 valence electrons. The van der Waals surface area contributed by atoms with Gasteiger partial charge in [0.25, 0.3) is 11.8 Å². The van der Waals surface area contributed by atoms with E-state index in [1.807, 2.05) is 38.2 Å². The fourth-order valence-electron chi connectivity index (χ4n) is 4.14. The van der Waals surface area contributed by atoms with E-state index in [1.165, 1.54) is 10.5 Å². The predicted molar refractivity (Wildman–Crippen MR) is 114 cm³/mol. The number of amides is 2. The molecule has 0 radical (unpaired) electrons. The molecule has 5 nitrogen and oxygen atoms in total. The van der Waals surface area contributed by atoms with Gasteiger partial charge in [0.05, 0.1) is 0 Å². The monoisotopic (exact) mass is 389 g/mol. The number of para-hydroxylation sites is 1. The van der Waals surface area contributed by atoms with E-state index in [0.29, 0.717) is 24.1 Å². The van der Waals surface area contributed by atoms with Gasteiger partial charge in [-0.25, -0.2) is 0 Å². The van der Waals surface area contributed by atoms with Crippen molar-refractivity contribution in [3.05, 3.63) is 64.4 Å². The van der Waals surface area contributed by atoms with Crippen molar-refractivity contribution in [2.24, 2.45) is 0 Å². The van der Waals surface area contributed by atoms with Crippen molar-refractivity contribution < 1.29 is 9.59 Å². The molecule has 0 spiro atoms. The van der Waals surface area contributed by atoms with Crippen molar-refractivity contribution in [2.45, 2.75) is 46.0 Å². The first-order chi connectivity index (χ1) is 13.8. The molecule has 1 aromatic rings. The smallest absolute Gasteiger partial charge is 0.271 e. The molecule has 0 saturated heterocycles. The predicted octanol–water partition coefficient (Wildman–Crippen LogP) is 4.23. The van der Waals surface area contributed by atoms with Gasteiger partial charge < -0.3 is 4.90 Å². The van der Waals surface area contributed by atoms with Crippen molar-refractivity contribution in [1.29, 1.82) is 5.26 Å². The Balaban J connectivity index is 2.07. The lowest BCUT2D eigenvalue weighted by Crippen LogP contribution is -2.43. The molecular formula is C24H27N3O2. The summed E-state index contributed by atoms with van der Waals surface area (Å²) in [6, 6.07) is 10.2. The van der Waals surface area contributed by atoms with Crippen LogP contribution in [0.2, 0.25) is 0 Å². The van der Waals surface area contributed by atoms with Crippen LogP contribution >= 0.6 is 0 Å². The summed E-state index contributed by atoms with van der Waals surface area (Å²) in [6.07, 6.45) is 5.29. The molecule has 0 saturated carbocycles. The molecule has 0 fully saturated rings. The van der Waals surface area contributed by atoms with Crippen molar-refractivity contribution in [3.63, 3.8) is 0 Å². The normalized spacial score (nSPS) is 21.2. The molecule has 0 bridgehead atoms. The first-order valence-electron chi connectivity index (χ1n) is 9.98. The third-order valence-corrected chi connectivity index (χ3v) is 5.91. The van der Waals surface area contributed by atoms with Crippen molar-refractivity contribution in [1.82, 2.24) is 4.90 Å². The first-order valence-corrected chi connectivity index (χ1v) is 9.98. The second-order valence-electron chi connectivity index (χ2n) is 8.06. The van der Waals surface area contributed by atoms with Crippen LogP contribution in [0.3, 0.4) is 0 Å². The Morgan fingerprint density at radius 2 is 1.83 bits per heavy atom. The second kappa shape index (κ2) is 7.71. The number of hydrogen-bond donors (Lipinski definition) is 0. The van der Waals surface area contributed by atoms with Crippen molar-refractivity contribution in [3.8, 4) is 6.07 Å². The van der Waals surface area contributed by atoms with E-state index in [1.54, 1.807) is 13.0 Å². The van der Waals surface area contributed by atoms with Gasteiger partial charge in [-0.2, -0.15) is 5.26 Å². The van der Waals surface area contributed by atoms with Gasteiger partial charge in [0, 0.05) is 36.0 Å². The molecule has 0 N–H and O–H groups in total. The highest BCUT2D eigenvalue weighted by molar-refractivity contribution is 6.18. The van der Waals surface area contributed by atoms with E-state index in [0.717, 1.165) is 17.8 Å². The molecule has 2 heterocycles. The Labute approximate surface area is 172 Å². The highest BCUT2D eigenvalue weighted by atomic mass is 16.2. The zero-order valence-corrected chi connectivity index (χ0v) is 17.7. The second-order valence-corrected chi connectivity index (χ2v) is 8.06. The maximum Gasteiger partial charge on any atom is 0.271 e. The Morgan fingerprint density at radius 3 is 2.45 bits per heavy atom. The van der Waals surface area contributed by atoms with E-state index in [2.05, 4.69) is 30.9 Å². The van der Waals surface area contributed by atoms with Crippen LogP contribution in [-0.2, 0) is 15.0 Å². The third-order valence-electron chi connectivity index (χ3n) is 5.91. The molecule has 2 aliphatic heterocycles. The number of carbonyl (C=O) groups is 2. The number of nitriles is 1. The van der Waals surface area contributed by atoms with Crippen LogP contribution in [0.1, 0.15) is 46.1 Å². The van der Waals surface area contributed by atoms with E-state index >= 15 is 0 Å². The zero-order valence-electron chi connectivity index (χ0n) is 17.7. The Morgan fingerprint density at radius 1 is 1.14 bits per heavy atom. The Kier molecular flexibility index (Phi) is 5.48. The lowest BCUT2D eigenvalue weighted by Gasteiger charge is -2.27. The molecule has 2 aliphatic rings. The van der Waals surface area contributed by atoms with Gasteiger partial charge in [-0.05, 0) is 42.7 Å². The average molecular weight is 389 g/mol. The SMILES string of the molecule is CCCCN1C(=O)C(C#N)=C(C)/C(=C\C=C2\N(C)c3ccccc3C2(C)C)C1=O. The Bertz CT molecular complexity index is 1010. The fraction of sp³-hybridized carbons (Fsp3) is 0.375. The van der Waals surface area contributed by atoms with Crippen LogP contribution in [0.5, 0.6) is 0 Å². The minimum atomic E-state index is -0.487. The molecule has 1 aromatic carbocycles. The number of nitrogens with zero attached hydrogens (tertiary/aromatic N) is 3.